The molecule has 5 nitrogen and oxygen atoms in total. The van der Waals surface area contributed by atoms with Gasteiger partial charge in [-0.25, -0.2) is 0 Å². The Bertz CT molecular complexity index is 932. The zero-order chi connectivity index (χ0) is 19.4. The number of nitrogens with one attached hydrogen (secondary N) is 1. The molecule has 8 heteroatoms. The first-order valence-corrected chi connectivity index (χ1v) is 10.0. The lowest BCUT2D eigenvalue weighted by molar-refractivity contribution is -0.115. The van der Waals surface area contributed by atoms with E-state index in [1.807, 2.05) is 25.1 Å². The Morgan fingerprint density at radius 1 is 1.22 bits per heavy atom. The summed E-state index contributed by atoms with van der Waals surface area (Å²) >= 11 is 10.5. The van der Waals surface area contributed by atoms with Crippen LogP contribution in [0.3, 0.4) is 0 Å². The van der Waals surface area contributed by atoms with Gasteiger partial charge in [-0.2, -0.15) is 0 Å². The molecule has 2 aromatic rings. The Balaban J connectivity index is 1.88. The van der Waals surface area contributed by atoms with Crippen LogP contribution in [0.15, 0.2) is 45.8 Å². The van der Waals surface area contributed by atoms with Crippen LogP contribution < -0.4 is 14.8 Å². The summed E-state index contributed by atoms with van der Waals surface area (Å²) in [5.74, 6) is 0.664. The van der Waals surface area contributed by atoms with Crippen LogP contribution in [0.2, 0.25) is 5.02 Å². The van der Waals surface area contributed by atoms with Gasteiger partial charge in [0, 0.05) is 10.6 Å². The maximum atomic E-state index is 11.7. The van der Waals surface area contributed by atoms with Gasteiger partial charge in [-0.1, -0.05) is 29.8 Å². The quantitative estimate of drug-likeness (QED) is 0.575. The number of halogens is 2. The largest absolute Gasteiger partial charge is 0.490 e. The first-order chi connectivity index (χ1) is 13.0. The van der Waals surface area contributed by atoms with Crippen molar-refractivity contribution < 1.29 is 19.1 Å². The highest BCUT2D eigenvalue weighted by Crippen LogP contribution is 2.39. The van der Waals surface area contributed by atoms with Gasteiger partial charge < -0.3 is 9.47 Å². The standard InChI is InChI=1S/C19H15BrClNO4S/c1-2-25-15-8-11(9-16-18(23)22-19(24)27-16)7-13(20)17(15)26-10-12-5-3-4-6-14(12)21/h3-9H,2,10H2,1H3,(H,22,23,24)/b16-9-. The number of carbonyl (C=O) groups is 2. The van der Waals surface area contributed by atoms with E-state index in [0.29, 0.717) is 38.1 Å². The van der Waals surface area contributed by atoms with E-state index >= 15 is 0 Å². The van der Waals surface area contributed by atoms with Gasteiger partial charge in [-0.05, 0) is 64.5 Å². The molecule has 0 aliphatic carbocycles. The predicted molar refractivity (Wildman–Crippen MR) is 110 cm³/mol. The van der Waals surface area contributed by atoms with Gasteiger partial charge in [0.1, 0.15) is 6.61 Å². The Morgan fingerprint density at radius 3 is 2.67 bits per heavy atom. The molecule has 1 N–H and O–H groups in total. The number of ether oxygens (including phenoxy) is 2. The van der Waals surface area contributed by atoms with E-state index in [2.05, 4.69) is 21.2 Å². The maximum Gasteiger partial charge on any atom is 0.290 e. The summed E-state index contributed by atoms with van der Waals surface area (Å²) in [5, 5.41) is 2.48. The molecule has 2 aromatic carbocycles. The van der Waals surface area contributed by atoms with E-state index in [0.717, 1.165) is 17.3 Å². The lowest BCUT2D eigenvalue weighted by Gasteiger charge is -2.15. The lowest BCUT2D eigenvalue weighted by atomic mass is 10.1. The molecule has 0 unspecified atom stereocenters. The van der Waals surface area contributed by atoms with Crippen LogP contribution in [0, 0.1) is 0 Å². The van der Waals surface area contributed by atoms with Crippen molar-refractivity contribution in [3.63, 3.8) is 0 Å². The molecule has 140 valence electrons. The van der Waals surface area contributed by atoms with Gasteiger partial charge in [0.15, 0.2) is 11.5 Å². The molecular weight excluding hydrogens is 454 g/mol. The molecule has 1 aliphatic rings. The second-order valence-electron chi connectivity index (χ2n) is 5.50. The van der Waals surface area contributed by atoms with E-state index in [1.165, 1.54) is 0 Å². The number of benzene rings is 2. The SMILES string of the molecule is CCOc1cc(/C=C2\SC(=O)NC2=O)cc(Br)c1OCc1ccccc1Cl. The molecule has 0 saturated carbocycles. The number of thioether (sulfide) groups is 1. The summed E-state index contributed by atoms with van der Waals surface area (Å²) < 4.78 is 12.3. The van der Waals surface area contributed by atoms with E-state index in [9.17, 15) is 9.59 Å². The van der Waals surface area contributed by atoms with Gasteiger partial charge >= 0.3 is 0 Å². The minimum atomic E-state index is -0.405. The number of hydrogen-bond acceptors (Lipinski definition) is 5. The highest BCUT2D eigenvalue weighted by molar-refractivity contribution is 9.10. The minimum Gasteiger partial charge on any atom is -0.490 e. The fourth-order valence-electron chi connectivity index (χ4n) is 2.41. The molecule has 0 aromatic heterocycles. The Hall–Kier alpha value is -1.96. The van der Waals surface area contributed by atoms with Crippen molar-refractivity contribution in [3.05, 3.63) is 61.9 Å². The van der Waals surface area contributed by atoms with E-state index in [1.54, 1.807) is 24.3 Å². The van der Waals surface area contributed by atoms with Crippen LogP contribution in [0.4, 0.5) is 4.79 Å². The normalized spacial score (nSPS) is 15.1. The highest BCUT2D eigenvalue weighted by atomic mass is 79.9. The predicted octanol–water partition coefficient (Wildman–Crippen LogP) is 5.40. The van der Waals surface area contributed by atoms with Gasteiger partial charge in [-0.3, -0.25) is 14.9 Å². The average Bonchev–Trinajstić information content (AvgIpc) is 2.93. The van der Waals surface area contributed by atoms with Crippen molar-refractivity contribution in [3.8, 4) is 11.5 Å². The fraction of sp³-hybridized carbons (Fsp3) is 0.158. The van der Waals surface area contributed by atoms with Crippen LogP contribution in [-0.4, -0.2) is 17.8 Å². The molecule has 0 radical (unpaired) electrons. The molecule has 1 fully saturated rings. The van der Waals surface area contributed by atoms with Crippen molar-refractivity contribution in [2.45, 2.75) is 13.5 Å². The Morgan fingerprint density at radius 2 is 2.00 bits per heavy atom. The monoisotopic (exact) mass is 467 g/mol. The molecule has 1 saturated heterocycles. The van der Waals surface area contributed by atoms with E-state index in [4.69, 9.17) is 21.1 Å². The van der Waals surface area contributed by atoms with Crippen molar-refractivity contribution >= 4 is 56.5 Å². The van der Waals surface area contributed by atoms with Crippen molar-refractivity contribution in [2.24, 2.45) is 0 Å². The molecular formula is C19H15BrClNO4S. The summed E-state index contributed by atoms with van der Waals surface area (Å²) in [6, 6.07) is 11.0. The number of hydrogen-bond donors (Lipinski definition) is 1. The third kappa shape index (κ3) is 4.86. The molecule has 1 heterocycles. The summed E-state index contributed by atoms with van der Waals surface area (Å²) in [4.78, 5) is 23.4. The topological polar surface area (TPSA) is 64.6 Å². The first-order valence-electron chi connectivity index (χ1n) is 8.05. The van der Waals surface area contributed by atoms with Crippen LogP contribution in [0.25, 0.3) is 6.08 Å². The second-order valence-corrected chi connectivity index (χ2v) is 7.77. The third-order valence-electron chi connectivity index (χ3n) is 3.60. The zero-order valence-electron chi connectivity index (χ0n) is 14.3. The zero-order valence-corrected chi connectivity index (χ0v) is 17.4. The molecule has 0 bridgehead atoms. The number of carbonyl (C=O) groups excluding carboxylic acids is 2. The molecule has 2 amide bonds. The van der Waals surface area contributed by atoms with Crippen LogP contribution in [-0.2, 0) is 11.4 Å². The fourth-order valence-corrected chi connectivity index (χ4v) is 3.86. The van der Waals surface area contributed by atoms with E-state index < -0.39 is 5.91 Å². The summed E-state index contributed by atoms with van der Waals surface area (Å²) in [7, 11) is 0. The van der Waals surface area contributed by atoms with Crippen molar-refractivity contribution in [1.82, 2.24) is 5.32 Å². The highest BCUT2D eigenvalue weighted by Gasteiger charge is 2.25. The number of rotatable bonds is 6. The average molecular weight is 469 g/mol. The van der Waals surface area contributed by atoms with Crippen LogP contribution in [0.5, 0.6) is 11.5 Å². The lowest BCUT2D eigenvalue weighted by Crippen LogP contribution is -2.17. The summed E-state index contributed by atoms with van der Waals surface area (Å²) in [5.41, 5.74) is 1.57. The summed E-state index contributed by atoms with van der Waals surface area (Å²) in [6.07, 6.45) is 1.63. The number of amides is 2. The smallest absolute Gasteiger partial charge is 0.290 e. The van der Waals surface area contributed by atoms with Crippen LogP contribution >= 0.6 is 39.3 Å². The van der Waals surface area contributed by atoms with E-state index in [-0.39, 0.29) is 11.8 Å². The molecule has 27 heavy (non-hydrogen) atoms. The third-order valence-corrected chi connectivity index (χ3v) is 5.37. The van der Waals surface area contributed by atoms with Crippen molar-refractivity contribution in [2.75, 3.05) is 6.61 Å². The Labute approximate surface area is 174 Å². The molecule has 0 spiro atoms. The first kappa shape index (κ1) is 19.8. The number of imide groups is 1. The Kier molecular flexibility index (Phi) is 6.46. The summed E-state index contributed by atoms with van der Waals surface area (Å²) in [6.45, 7) is 2.60. The molecule has 0 atom stereocenters. The van der Waals surface area contributed by atoms with Gasteiger partial charge in [-0.15, -0.1) is 0 Å². The maximum absolute atomic E-state index is 11.7. The van der Waals surface area contributed by atoms with Gasteiger partial charge in [0.25, 0.3) is 11.1 Å². The minimum absolute atomic E-state index is 0.283. The van der Waals surface area contributed by atoms with Gasteiger partial charge in [0.2, 0.25) is 0 Å². The van der Waals surface area contributed by atoms with Crippen LogP contribution in [0.1, 0.15) is 18.1 Å². The molecule has 3 rings (SSSR count). The molecule has 1 aliphatic heterocycles. The van der Waals surface area contributed by atoms with Crippen molar-refractivity contribution in [1.29, 1.82) is 0 Å². The van der Waals surface area contributed by atoms with Gasteiger partial charge in [0.05, 0.1) is 16.0 Å². The second kappa shape index (κ2) is 8.82.